The van der Waals surface area contributed by atoms with Gasteiger partial charge >= 0.3 is 5.97 Å². The van der Waals surface area contributed by atoms with E-state index in [1.807, 2.05) is 86.6 Å². The largest absolute Gasteiger partial charge is 0.497 e. The van der Waals surface area contributed by atoms with Gasteiger partial charge in [-0.3, -0.25) is 9.36 Å². The number of nitrogens with zero attached hydrogens (tertiary/aromatic N) is 2. The Morgan fingerprint density at radius 1 is 1.00 bits per heavy atom. The van der Waals surface area contributed by atoms with Crippen molar-refractivity contribution in [3.8, 4) is 17.2 Å². The second-order valence-corrected chi connectivity index (χ2v) is 10.8. The summed E-state index contributed by atoms with van der Waals surface area (Å²) in [6.07, 6.45) is 1.68. The van der Waals surface area contributed by atoms with Gasteiger partial charge in [0.05, 0.1) is 48.8 Å². The fourth-order valence-corrected chi connectivity index (χ4v) is 5.84. The zero-order valence-electron chi connectivity index (χ0n) is 24.1. The maximum Gasteiger partial charge on any atom is 0.338 e. The molecule has 0 amide bonds. The van der Waals surface area contributed by atoms with Crippen molar-refractivity contribution in [3.05, 3.63) is 115 Å². The quantitative estimate of drug-likeness (QED) is 0.264. The van der Waals surface area contributed by atoms with Crippen LogP contribution in [-0.4, -0.2) is 37.5 Å². The van der Waals surface area contributed by atoms with Gasteiger partial charge in [0.2, 0.25) is 0 Å². The average Bonchev–Trinajstić information content (AvgIpc) is 3.31. The van der Waals surface area contributed by atoms with Gasteiger partial charge in [0.1, 0.15) is 5.75 Å². The minimum atomic E-state index is -0.778. The minimum Gasteiger partial charge on any atom is -0.497 e. The van der Waals surface area contributed by atoms with Crippen LogP contribution in [0.15, 0.2) is 88.2 Å². The Bertz CT molecular complexity index is 1800. The number of methoxy groups -OCH3 is 2. The number of esters is 1. The molecule has 2 heterocycles. The topological polar surface area (TPSA) is 88.4 Å². The van der Waals surface area contributed by atoms with Crippen LogP contribution < -0.4 is 29.1 Å². The minimum absolute atomic E-state index is 0.106. The SMILES string of the molecule is CCOC(=O)C1=C(c2ccccc2)N=c2s/c(=C\c3cccc(OC)c3OC(C)C)c(=O)n2[C@@H]1c1ccc(OC)cc1. The second kappa shape index (κ2) is 12.5. The molecule has 0 unspecified atom stereocenters. The summed E-state index contributed by atoms with van der Waals surface area (Å²) in [4.78, 5) is 33.2. The first-order valence-electron chi connectivity index (χ1n) is 13.6. The molecule has 216 valence electrons. The molecular weight excluding hydrogens is 552 g/mol. The van der Waals surface area contributed by atoms with Crippen molar-refractivity contribution < 1.29 is 23.7 Å². The third-order valence-corrected chi connectivity index (χ3v) is 7.66. The van der Waals surface area contributed by atoms with Crippen LogP contribution in [0, 0.1) is 0 Å². The Morgan fingerprint density at radius 2 is 1.74 bits per heavy atom. The highest BCUT2D eigenvalue weighted by Gasteiger charge is 2.35. The highest BCUT2D eigenvalue weighted by Crippen LogP contribution is 2.36. The van der Waals surface area contributed by atoms with Crippen molar-refractivity contribution in [1.29, 1.82) is 0 Å². The summed E-state index contributed by atoms with van der Waals surface area (Å²) in [6, 6.07) is 21.5. The molecule has 42 heavy (non-hydrogen) atoms. The molecule has 1 aliphatic rings. The lowest BCUT2D eigenvalue weighted by Crippen LogP contribution is -2.40. The van der Waals surface area contributed by atoms with Gasteiger partial charge in [0, 0.05) is 11.1 Å². The van der Waals surface area contributed by atoms with Crippen LogP contribution in [0.25, 0.3) is 11.8 Å². The van der Waals surface area contributed by atoms with Crippen LogP contribution >= 0.6 is 11.3 Å². The normalized spacial score (nSPS) is 14.8. The van der Waals surface area contributed by atoms with Gasteiger partial charge in [-0.1, -0.05) is 65.9 Å². The van der Waals surface area contributed by atoms with Crippen molar-refractivity contribution in [2.24, 2.45) is 4.99 Å². The van der Waals surface area contributed by atoms with E-state index < -0.39 is 12.0 Å². The Kier molecular flexibility index (Phi) is 8.59. The van der Waals surface area contributed by atoms with Gasteiger partial charge < -0.3 is 18.9 Å². The van der Waals surface area contributed by atoms with Crippen LogP contribution in [0.2, 0.25) is 0 Å². The molecule has 0 saturated heterocycles. The summed E-state index contributed by atoms with van der Waals surface area (Å²) in [5.74, 6) is 1.24. The molecule has 1 aliphatic heterocycles. The van der Waals surface area contributed by atoms with Crippen LogP contribution in [0.4, 0.5) is 0 Å². The molecule has 0 radical (unpaired) electrons. The van der Waals surface area contributed by atoms with E-state index in [0.717, 1.165) is 11.1 Å². The fraction of sp³-hybridized carbons (Fsp3) is 0.242. The molecule has 0 N–H and O–H groups in total. The van der Waals surface area contributed by atoms with E-state index in [1.54, 1.807) is 31.8 Å². The summed E-state index contributed by atoms with van der Waals surface area (Å²) in [5.41, 5.74) is 2.64. The first-order valence-corrected chi connectivity index (χ1v) is 14.4. The number of ether oxygens (including phenoxy) is 4. The van der Waals surface area contributed by atoms with Gasteiger partial charge in [-0.2, -0.15) is 0 Å². The first-order chi connectivity index (χ1) is 20.4. The highest BCUT2D eigenvalue weighted by atomic mass is 32.1. The van der Waals surface area contributed by atoms with E-state index in [2.05, 4.69) is 0 Å². The first kappa shape index (κ1) is 28.9. The molecule has 1 aromatic heterocycles. The van der Waals surface area contributed by atoms with E-state index in [-0.39, 0.29) is 23.8 Å². The number of fused-ring (bicyclic) bond motifs is 1. The van der Waals surface area contributed by atoms with E-state index >= 15 is 0 Å². The Balaban J connectivity index is 1.81. The number of thiazole rings is 1. The average molecular weight is 585 g/mol. The molecule has 0 saturated carbocycles. The van der Waals surface area contributed by atoms with Gasteiger partial charge in [-0.15, -0.1) is 0 Å². The summed E-state index contributed by atoms with van der Waals surface area (Å²) in [7, 11) is 3.17. The molecule has 0 aliphatic carbocycles. The predicted octanol–water partition coefficient (Wildman–Crippen LogP) is 4.74. The van der Waals surface area contributed by atoms with Crippen molar-refractivity contribution in [1.82, 2.24) is 4.57 Å². The van der Waals surface area contributed by atoms with E-state index in [0.29, 0.717) is 37.8 Å². The van der Waals surface area contributed by atoms with Gasteiger partial charge in [-0.25, -0.2) is 9.79 Å². The maximum absolute atomic E-state index is 14.2. The van der Waals surface area contributed by atoms with E-state index in [4.69, 9.17) is 23.9 Å². The number of hydrogen-bond donors (Lipinski definition) is 0. The lowest BCUT2D eigenvalue weighted by Gasteiger charge is -2.26. The number of carbonyl (C=O) groups excluding carboxylic acids is 1. The predicted molar refractivity (Wildman–Crippen MR) is 163 cm³/mol. The summed E-state index contributed by atoms with van der Waals surface area (Å²) >= 11 is 1.25. The summed E-state index contributed by atoms with van der Waals surface area (Å²) < 4.78 is 24.5. The van der Waals surface area contributed by atoms with Crippen LogP contribution in [0.1, 0.15) is 43.5 Å². The van der Waals surface area contributed by atoms with Crippen molar-refractivity contribution in [3.63, 3.8) is 0 Å². The molecule has 3 aromatic carbocycles. The van der Waals surface area contributed by atoms with Gasteiger partial charge in [0.25, 0.3) is 5.56 Å². The van der Waals surface area contributed by atoms with Gasteiger partial charge in [0.15, 0.2) is 16.3 Å². The fourth-order valence-electron chi connectivity index (χ4n) is 4.85. The number of aromatic nitrogens is 1. The number of rotatable bonds is 9. The van der Waals surface area contributed by atoms with Crippen molar-refractivity contribution in [2.45, 2.75) is 32.9 Å². The molecule has 0 fully saturated rings. The molecule has 5 rings (SSSR count). The smallest absolute Gasteiger partial charge is 0.338 e. The molecule has 0 bridgehead atoms. The van der Waals surface area contributed by atoms with Crippen LogP contribution in [-0.2, 0) is 9.53 Å². The standard InChI is InChI=1S/C33H32N2O6S/c1-6-40-32(37)27-28(21-11-8-7-9-12-21)34-33-35(29(27)22-15-17-24(38-4)18-16-22)31(36)26(42-33)19-23-13-10-14-25(39-5)30(23)41-20(2)3/h7-20,29H,6H2,1-5H3/b26-19-/t29-/m1/s1. The van der Waals surface area contributed by atoms with Crippen molar-refractivity contribution >= 4 is 29.1 Å². The summed E-state index contributed by atoms with van der Waals surface area (Å²) in [6.45, 7) is 5.80. The molecule has 4 aromatic rings. The molecule has 9 heteroatoms. The van der Waals surface area contributed by atoms with Gasteiger partial charge in [-0.05, 0) is 50.6 Å². The number of carbonyl (C=O) groups is 1. The third kappa shape index (κ3) is 5.60. The zero-order chi connectivity index (χ0) is 29.8. The zero-order valence-corrected chi connectivity index (χ0v) is 24.9. The van der Waals surface area contributed by atoms with E-state index in [9.17, 15) is 9.59 Å². The third-order valence-electron chi connectivity index (χ3n) is 6.67. The number of hydrogen-bond acceptors (Lipinski definition) is 8. The number of benzene rings is 3. The molecule has 8 nitrogen and oxygen atoms in total. The van der Waals surface area contributed by atoms with Crippen LogP contribution in [0.3, 0.4) is 0 Å². The molecular formula is C33H32N2O6S. The van der Waals surface area contributed by atoms with Crippen LogP contribution in [0.5, 0.6) is 17.2 Å². The number of para-hydroxylation sites is 1. The second-order valence-electron chi connectivity index (χ2n) is 9.75. The Morgan fingerprint density at radius 3 is 2.38 bits per heavy atom. The van der Waals surface area contributed by atoms with E-state index in [1.165, 1.54) is 11.3 Å². The molecule has 1 atom stereocenters. The molecule has 0 spiro atoms. The Hall–Kier alpha value is -4.63. The highest BCUT2D eigenvalue weighted by molar-refractivity contribution is 7.07. The van der Waals surface area contributed by atoms with Crippen molar-refractivity contribution in [2.75, 3.05) is 20.8 Å². The maximum atomic E-state index is 14.2. The summed E-state index contributed by atoms with van der Waals surface area (Å²) in [5, 5.41) is 0. The monoisotopic (exact) mass is 584 g/mol. The lowest BCUT2D eigenvalue weighted by atomic mass is 9.93. The lowest BCUT2D eigenvalue weighted by molar-refractivity contribution is -0.138. The Labute approximate surface area is 247 Å².